The van der Waals surface area contributed by atoms with Crippen LogP contribution in [0.1, 0.15) is 22.3 Å². The van der Waals surface area contributed by atoms with Crippen molar-refractivity contribution in [3.05, 3.63) is 35.1 Å². The van der Waals surface area contributed by atoms with Gasteiger partial charge >= 0.3 is 0 Å². The molecule has 1 aromatic carbocycles. The summed E-state index contributed by atoms with van der Waals surface area (Å²) in [5.41, 5.74) is 2.96. The van der Waals surface area contributed by atoms with Gasteiger partial charge < -0.3 is 5.11 Å². The normalized spacial score (nSPS) is 9.83. The van der Waals surface area contributed by atoms with E-state index in [0.29, 0.717) is 6.42 Å². The molecule has 4 nitrogen and oxygen atoms in total. The highest BCUT2D eigenvalue weighted by atomic mass is 19.1. The summed E-state index contributed by atoms with van der Waals surface area (Å²) in [6.45, 7) is -0.0576. The van der Waals surface area contributed by atoms with Gasteiger partial charge in [-0.25, -0.2) is 9.40 Å². The van der Waals surface area contributed by atoms with Crippen molar-refractivity contribution in [1.82, 2.24) is 10.4 Å². The Kier molecular flexibility index (Phi) is 5.31. The molecule has 0 saturated carbocycles. The van der Waals surface area contributed by atoms with Crippen molar-refractivity contribution in [3.8, 4) is 11.8 Å². The number of aliphatic hydroxyl groups excluding tert-OH is 1. The number of hydrogen-bond acceptors (Lipinski definition) is 3. The number of benzene rings is 1. The van der Waals surface area contributed by atoms with E-state index in [0.717, 1.165) is 6.07 Å². The lowest BCUT2D eigenvalue weighted by Crippen LogP contribution is -2.36. The number of amides is 1. The van der Waals surface area contributed by atoms with Crippen molar-refractivity contribution in [2.45, 2.75) is 6.42 Å². The van der Waals surface area contributed by atoms with E-state index in [1.165, 1.54) is 17.1 Å². The first kappa shape index (κ1) is 14.2. The molecule has 0 unspecified atom stereocenters. The monoisotopic (exact) mass is 250 g/mol. The van der Waals surface area contributed by atoms with Gasteiger partial charge in [-0.05, 0) is 18.2 Å². The van der Waals surface area contributed by atoms with E-state index in [1.54, 1.807) is 14.1 Å². The minimum absolute atomic E-state index is 0.0576. The zero-order valence-electron chi connectivity index (χ0n) is 10.3. The van der Waals surface area contributed by atoms with Crippen molar-refractivity contribution in [1.29, 1.82) is 0 Å². The van der Waals surface area contributed by atoms with Crippen LogP contribution in [0.2, 0.25) is 0 Å². The number of rotatable bonds is 3. The minimum atomic E-state index is -0.549. The number of nitrogens with one attached hydrogen (secondary N) is 1. The van der Waals surface area contributed by atoms with Crippen LogP contribution in [0.3, 0.4) is 0 Å². The van der Waals surface area contributed by atoms with E-state index in [4.69, 9.17) is 5.11 Å². The molecule has 0 bridgehead atoms. The van der Waals surface area contributed by atoms with Crippen molar-refractivity contribution < 1.29 is 14.3 Å². The topological polar surface area (TPSA) is 52.6 Å². The summed E-state index contributed by atoms with van der Waals surface area (Å²) in [7, 11) is 3.34. The van der Waals surface area contributed by atoms with Crippen molar-refractivity contribution in [2.75, 3.05) is 20.7 Å². The summed E-state index contributed by atoms with van der Waals surface area (Å²) in [6, 6.07) is 4.09. The number of hydrazine groups is 1. The van der Waals surface area contributed by atoms with Gasteiger partial charge in [-0.15, -0.1) is 0 Å². The quantitative estimate of drug-likeness (QED) is 0.615. The number of aliphatic hydroxyl groups is 1. The number of hydrogen-bond donors (Lipinski definition) is 2. The fourth-order valence-electron chi connectivity index (χ4n) is 1.24. The second kappa shape index (κ2) is 6.74. The van der Waals surface area contributed by atoms with E-state index in [1.807, 2.05) is 0 Å². The second-order valence-electron chi connectivity index (χ2n) is 3.81. The largest absolute Gasteiger partial charge is 0.395 e. The molecule has 0 aliphatic rings. The Morgan fingerprint density at radius 1 is 1.50 bits per heavy atom. The molecule has 96 valence electrons. The van der Waals surface area contributed by atoms with Crippen LogP contribution in [0.4, 0.5) is 4.39 Å². The average Bonchev–Trinajstić information content (AvgIpc) is 2.30. The Bertz CT molecular complexity index is 489. The number of carbonyl (C=O) groups excluding carboxylic acids is 1. The van der Waals surface area contributed by atoms with E-state index in [-0.39, 0.29) is 23.6 Å². The van der Waals surface area contributed by atoms with Crippen LogP contribution in [-0.2, 0) is 0 Å². The molecule has 0 atom stereocenters. The van der Waals surface area contributed by atoms with Crippen molar-refractivity contribution >= 4 is 5.91 Å². The van der Waals surface area contributed by atoms with E-state index in [9.17, 15) is 9.18 Å². The molecule has 0 heterocycles. The van der Waals surface area contributed by atoms with Crippen molar-refractivity contribution in [2.24, 2.45) is 0 Å². The Hall–Kier alpha value is -1.90. The minimum Gasteiger partial charge on any atom is -0.395 e. The zero-order valence-corrected chi connectivity index (χ0v) is 10.3. The molecule has 2 N–H and O–H groups in total. The average molecular weight is 250 g/mol. The molecule has 1 amide bonds. The van der Waals surface area contributed by atoms with E-state index in [2.05, 4.69) is 17.3 Å². The predicted molar refractivity (Wildman–Crippen MR) is 66.1 cm³/mol. The maximum atomic E-state index is 13.6. The highest BCUT2D eigenvalue weighted by molar-refractivity contribution is 5.93. The van der Waals surface area contributed by atoms with Gasteiger partial charge in [-0.3, -0.25) is 10.2 Å². The smallest absolute Gasteiger partial charge is 0.265 e. The third-order valence-corrected chi connectivity index (χ3v) is 2.02. The highest BCUT2D eigenvalue weighted by Gasteiger charge is 2.09. The van der Waals surface area contributed by atoms with Crippen LogP contribution in [0, 0.1) is 17.7 Å². The summed E-state index contributed by atoms with van der Waals surface area (Å²) in [4.78, 5) is 11.6. The van der Waals surface area contributed by atoms with Crippen LogP contribution in [0.25, 0.3) is 0 Å². The fraction of sp³-hybridized carbons (Fsp3) is 0.308. The van der Waals surface area contributed by atoms with Gasteiger partial charge in [0.05, 0.1) is 12.2 Å². The first-order valence-electron chi connectivity index (χ1n) is 5.42. The second-order valence-corrected chi connectivity index (χ2v) is 3.81. The number of halogens is 1. The van der Waals surface area contributed by atoms with E-state index < -0.39 is 5.82 Å². The molecule has 0 saturated heterocycles. The Morgan fingerprint density at radius 3 is 2.78 bits per heavy atom. The summed E-state index contributed by atoms with van der Waals surface area (Å²) in [5, 5.41) is 10.0. The summed E-state index contributed by atoms with van der Waals surface area (Å²) in [6.07, 6.45) is 0.294. The van der Waals surface area contributed by atoms with Crippen LogP contribution in [0.15, 0.2) is 18.2 Å². The molecule has 0 spiro atoms. The molecule has 0 aliphatic heterocycles. The van der Waals surface area contributed by atoms with Crippen LogP contribution in [-0.4, -0.2) is 36.7 Å². The summed E-state index contributed by atoms with van der Waals surface area (Å²) >= 11 is 0. The van der Waals surface area contributed by atoms with Gasteiger partial charge in [-0.2, -0.15) is 0 Å². The summed E-state index contributed by atoms with van der Waals surface area (Å²) in [5.74, 6) is 4.29. The van der Waals surface area contributed by atoms with Crippen LogP contribution < -0.4 is 5.43 Å². The van der Waals surface area contributed by atoms with Crippen LogP contribution >= 0.6 is 0 Å². The van der Waals surface area contributed by atoms with Gasteiger partial charge in [0, 0.05) is 26.1 Å². The molecule has 0 radical (unpaired) electrons. The molecule has 5 heteroatoms. The summed E-state index contributed by atoms with van der Waals surface area (Å²) < 4.78 is 13.6. The third kappa shape index (κ3) is 4.17. The Labute approximate surface area is 105 Å². The lowest BCUT2D eigenvalue weighted by Gasteiger charge is -2.11. The van der Waals surface area contributed by atoms with Gasteiger partial charge in [0.15, 0.2) is 0 Å². The molecule has 0 aromatic heterocycles. The van der Waals surface area contributed by atoms with Gasteiger partial charge in [0.2, 0.25) is 0 Å². The molecule has 0 fully saturated rings. The molecular formula is C13H15FN2O2. The van der Waals surface area contributed by atoms with Gasteiger partial charge in [0.25, 0.3) is 5.91 Å². The van der Waals surface area contributed by atoms with Crippen LogP contribution in [0.5, 0.6) is 0 Å². The Morgan fingerprint density at radius 2 is 2.22 bits per heavy atom. The molecule has 1 aromatic rings. The lowest BCUT2D eigenvalue weighted by atomic mass is 10.1. The zero-order chi connectivity index (χ0) is 13.5. The standard InChI is InChI=1S/C13H15FN2O2/c1-16(2)15-13(18)11-7-6-10(12(14)9-11)5-3-4-8-17/h6-7,9,17H,4,8H2,1-2H3,(H,15,18). The highest BCUT2D eigenvalue weighted by Crippen LogP contribution is 2.09. The van der Waals surface area contributed by atoms with Gasteiger partial charge in [0.1, 0.15) is 5.82 Å². The number of carbonyl (C=O) groups is 1. The maximum Gasteiger partial charge on any atom is 0.265 e. The van der Waals surface area contributed by atoms with E-state index >= 15 is 0 Å². The first-order chi connectivity index (χ1) is 8.54. The fourth-order valence-corrected chi connectivity index (χ4v) is 1.24. The maximum absolute atomic E-state index is 13.6. The first-order valence-corrected chi connectivity index (χ1v) is 5.42. The van der Waals surface area contributed by atoms with Crippen molar-refractivity contribution in [3.63, 3.8) is 0 Å². The molecule has 1 rings (SSSR count). The number of nitrogens with zero attached hydrogens (tertiary/aromatic N) is 1. The third-order valence-electron chi connectivity index (χ3n) is 2.02. The SMILES string of the molecule is CN(C)NC(=O)c1ccc(C#CCCO)c(F)c1. The molecule has 0 aliphatic carbocycles. The lowest BCUT2D eigenvalue weighted by molar-refractivity contribution is 0.0856. The molecule has 18 heavy (non-hydrogen) atoms. The van der Waals surface area contributed by atoms with Gasteiger partial charge in [-0.1, -0.05) is 11.8 Å². The molecular weight excluding hydrogens is 235 g/mol. The predicted octanol–water partition coefficient (Wildman–Crippen LogP) is 0.766. The Balaban J connectivity index is 2.86.